The summed E-state index contributed by atoms with van der Waals surface area (Å²) in [6, 6.07) is 6.21. The van der Waals surface area contributed by atoms with E-state index in [-0.39, 0.29) is 0 Å². The molecule has 0 aliphatic carbocycles. The number of hydrogen-bond acceptors (Lipinski definition) is 2. The van der Waals surface area contributed by atoms with Crippen molar-refractivity contribution in [2.45, 2.75) is 19.5 Å². The third-order valence-corrected chi connectivity index (χ3v) is 3.36. The average Bonchev–Trinajstić information content (AvgIpc) is 2.20. The van der Waals surface area contributed by atoms with Gasteiger partial charge in [-0.2, -0.15) is 0 Å². The van der Waals surface area contributed by atoms with Crippen molar-refractivity contribution in [1.29, 1.82) is 0 Å². The number of nitrogens with two attached hydrogens (primary N) is 1. The van der Waals surface area contributed by atoms with E-state index in [1.54, 1.807) is 0 Å². The zero-order chi connectivity index (χ0) is 10.6. The van der Waals surface area contributed by atoms with Crippen molar-refractivity contribution in [3.63, 3.8) is 0 Å². The maximum Gasteiger partial charge on any atom is 0.0592 e. The van der Waals surface area contributed by atoms with Crippen LogP contribution < -0.4 is 11.1 Å². The Hall–Kier alpha value is -0.0900. The first-order valence-corrected chi connectivity index (χ1v) is 5.68. The summed E-state index contributed by atoms with van der Waals surface area (Å²) < 4.78 is 0.930. The summed E-state index contributed by atoms with van der Waals surface area (Å²) in [7, 11) is 0. The summed E-state index contributed by atoms with van der Waals surface area (Å²) in [6.07, 6.45) is 0. The van der Waals surface area contributed by atoms with Gasteiger partial charge in [0.15, 0.2) is 0 Å². The van der Waals surface area contributed by atoms with Crippen LogP contribution in [0, 0.1) is 0 Å². The van der Waals surface area contributed by atoms with Gasteiger partial charge in [-0.05, 0) is 34.5 Å². The molecule has 0 amide bonds. The first-order chi connectivity index (χ1) is 6.65. The second-order valence-corrected chi connectivity index (χ2v) is 4.46. The van der Waals surface area contributed by atoms with Crippen molar-refractivity contribution in [3.05, 3.63) is 33.3 Å². The van der Waals surface area contributed by atoms with Crippen LogP contribution in [0.2, 0.25) is 5.02 Å². The van der Waals surface area contributed by atoms with Gasteiger partial charge in [0.25, 0.3) is 0 Å². The van der Waals surface area contributed by atoms with Gasteiger partial charge in [-0.15, -0.1) is 0 Å². The molecule has 0 fully saturated rings. The maximum absolute atomic E-state index is 6.10. The van der Waals surface area contributed by atoms with Crippen LogP contribution in [0.1, 0.15) is 12.5 Å². The fraction of sp³-hybridized carbons (Fsp3) is 0.400. The van der Waals surface area contributed by atoms with Gasteiger partial charge >= 0.3 is 0 Å². The topological polar surface area (TPSA) is 38.0 Å². The van der Waals surface area contributed by atoms with Crippen LogP contribution in [0.4, 0.5) is 0 Å². The predicted octanol–water partition coefficient (Wildman–Crippen LogP) is 2.54. The van der Waals surface area contributed by atoms with Gasteiger partial charge in [0.1, 0.15) is 0 Å². The van der Waals surface area contributed by atoms with Gasteiger partial charge < -0.3 is 11.1 Å². The minimum atomic E-state index is 0.310. The number of rotatable bonds is 4. The van der Waals surface area contributed by atoms with E-state index in [0.717, 1.165) is 21.6 Å². The molecule has 0 aliphatic heterocycles. The molecule has 0 aliphatic rings. The quantitative estimate of drug-likeness (QED) is 0.887. The molecular formula is C10H14BrClN2. The smallest absolute Gasteiger partial charge is 0.0592 e. The first kappa shape index (κ1) is 12.0. The molecule has 0 saturated carbocycles. The van der Waals surface area contributed by atoms with Crippen molar-refractivity contribution in [3.8, 4) is 0 Å². The van der Waals surface area contributed by atoms with Crippen LogP contribution in [-0.4, -0.2) is 12.6 Å². The molecule has 1 rings (SSSR count). The Morgan fingerprint density at radius 3 is 2.93 bits per heavy atom. The molecule has 0 saturated heterocycles. The van der Waals surface area contributed by atoms with Crippen LogP contribution in [0.3, 0.4) is 0 Å². The van der Waals surface area contributed by atoms with Gasteiger partial charge in [-0.1, -0.05) is 23.7 Å². The van der Waals surface area contributed by atoms with Crippen LogP contribution in [-0.2, 0) is 6.54 Å². The lowest BCUT2D eigenvalue weighted by Gasteiger charge is -2.12. The van der Waals surface area contributed by atoms with Gasteiger partial charge in [-0.3, -0.25) is 0 Å². The summed E-state index contributed by atoms with van der Waals surface area (Å²) in [5, 5.41) is 4.05. The van der Waals surface area contributed by atoms with E-state index in [1.165, 1.54) is 0 Å². The highest BCUT2D eigenvalue weighted by Gasteiger charge is 2.04. The van der Waals surface area contributed by atoms with Gasteiger partial charge in [0, 0.05) is 23.6 Å². The van der Waals surface area contributed by atoms with Crippen molar-refractivity contribution >= 4 is 27.5 Å². The highest BCUT2D eigenvalue weighted by Crippen LogP contribution is 2.25. The second-order valence-electron chi connectivity index (χ2n) is 3.23. The average molecular weight is 278 g/mol. The van der Waals surface area contributed by atoms with Gasteiger partial charge in [0.2, 0.25) is 0 Å². The predicted molar refractivity (Wildman–Crippen MR) is 64.5 cm³/mol. The van der Waals surface area contributed by atoms with Crippen molar-refractivity contribution in [2.75, 3.05) is 6.54 Å². The van der Waals surface area contributed by atoms with E-state index in [2.05, 4.69) is 21.2 Å². The van der Waals surface area contributed by atoms with Gasteiger partial charge in [0.05, 0.1) is 5.02 Å². The molecule has 2 nitrogen and oxygen atoms in total. The van der Waals surface area contributed by atoms with Crippen molar-refractivity contribution in [2.24, 2.45) is 5.73 Å². The van der Waals surface area contributed by atoms with Crippen LogP contribution >= 0.6 is 27.5 Å². The standard InChI is InChI=1S/C10H14BrClN2/c1-7(5-13)14-6-8-3-2-4-9(11)10(8)12/h2-4,7,14H,5-6,13H2,1H3. The number of hydrogen-bond donors (Lipinski definition) is 2. The summed E-state index contributed by atoms with van der Waals surface area (Å²) >= 11 is 9.49. The molecular weight excluding hydrogens is 263 g/mol. The normalized spacial score (nSPS) is 12.9. The summed E-state index contributed by atoms with van der Waals surface area (Å²) in [6.45, 7) is 3.42. The molecule has 0 spiro atoms. The van der Waals surface area contributed by atoms with Crippen LogP contribution in [0.5, 0.6) is 0 Å². The lowest BCUT2D eigenvalue weighted by molar-refractivity contribution is 0.556. The highest BCUT2D eigenvalue weighted by atomic mass is 79.9. The van der Waals surface area contributed by atoms with E-state index in [9.17, 15) is 0 Å². The summed E-state index contributed by atoms with van der Waals surface area (Å²) in [5.74, 6) is 0. The van der Waals surface area contributed by atoms with Crippen molar-refractivity contribution in [1.82, 2.24) is 5.32 Å². The molecule has 3 N–H and O–H groups in total. The largest absolute Gasteiger partial charge is 0.329 e. The molecule has 0 heterocycles. The van der Waals surface area contributed by atoms with Crippen LogP contribution in [0.15, 0.2) is 22.7 Å². The fourth-order valence-corrected chi connectivity index (χ4v) is 1.65. The Morgan fingerprint density at radius 2 is 2.29 bits per heavy atom. The van der Waals surface area contributed by atoms with Crippen molar-refractivity contribution < 1.29 is 0 Å². The lowest BCUT2D eigenvalue weighted by Crippen LogP contribution is -2.32. The minimum Gasteiger partial charge on any atom is -0.329 e. The highest BCUT2D eigenvalue weighted by molar-refractivity contribution is 9.10. The Labute approximate surface area is 98.0 Å². The van der Waals surface area contributed by atoms with Gasteiger partial charge in [-0.25, -0.2) is 0 Å². The third-order valence-electron chi connectivity index (χ3n) is 2.03. The molecule has 1 atom stereocenters. The molecule has 4 heteroatoms. The monoisotopic (exact) mass is 276 g/mol. The maximum atomic E-state index is 6.10. The lowest BCUT2D eigenvalue weighted by atomic mass is 10.2. The number of halogens is 2. The number of nitrogens with one attached hydrogen (secondary N) is 1. The Bertz CT molecular complexity index is 304. The zero-order valence-corrected chi connectivity index (χ0v) is 10.4. The fourth-order valence-electron chi connectivity index (χ4n) is 1.05. The molecule has 0 aromatic heterocycles. The van der Waals surface area contributed by atoms with E-state index >= 15 is 0 Å². The molecule has 1 aromatic carbocycles. The van der Waals surface area contributed by atoms with E-state index < -0.39 is 0 Å². The molecule has 0 radical (unpaired) electrons. The number of benzene rings is 1. The molecule has 14 heavy (non-hydrogen) atoms. The first-order valence-electron chi connectivity index (χ1n) is 4.51. The van der Waals surface area contributed by atoms with E-state index in [4.69, 9.17) is 17.3 Å². The third kappa shape index (κ3) is 3.24. The Kier molecular flexibility index (Phi) is 4.89. The Balaban J connectivity index is 2.63. The molecule has 1 unspecified atom stereocenters. The molecule has 1 aromatic rings. The second kappa shape index (κ2) is 5.71. The zero-order valence-electron chi connectivity index (χ0n) is 8.06. The summed E-state index contributed by atoms with van der Waals surface area (Å²) in [4.78, 5) is 0. The minimum absolute atomic E-state index is 0.310. The molecule has 0 bridgehead atoms. The summed E-state index contributed by atoms with van der Waals surface area (Å²) in [5.41, 5.74) is 6.58. The molecule has 78 valence electrons. The SMILES string of the molecule is CC(CN)NCc1cccc(Br)c1Cl. The van der Waals surface area contributed by atoms with E-state index in [1.807, 2.05) is 25.1 Å². The van der Waals surface area contributed by atoms with Crippen LogP contribution in [0.25, 0.3) is 0 Å². The Morgan fingerprint density at radius 1 is 1.57 bits per heavy atom. The van der Waals surface area contributed by atoms with E-state index in [0.29, 0.717) is 12.6 Å².